The minimum atomic E-state index is -0.880. The molecule has 1 saturated heterocycles. The summed E-state index contributed by atoms with van der Waals surface area (Å²) in [5, 5.41) is 9.45. The van der Waals surface area contributed by atoms with Gasteiger partial charge in [-0.25, -0.2) is 14.4 Å². The zero-order valence-electron chi connectivity index (χ0n) is 19.6. The number of piperidine rings is 1. The predicted octanol–water partition coefficient (Wildman–Crippen LogP) is 2.64. The molecule has 3 N–H and O–H groups in total. The van der Waals surface area contributed by atoms with Crippen LogP contribution in [0.1, 0.15) is 40.4 Å². The van der Waals surface area contributed by atoms with Crippen LogP contribution in [-0.4, -0.2) is 75.6 Å². The van der Waals surface area contributed by atoms with E-state index in [9.17, 15) is 14.0 Å². The first kappa shape index (κ1) is 24.9. The Labute approximate surface area is 207 Å². The Morgan fingerprint density at radius 3 is 2.49 bits per heavy atom. The van der Waals surface area contributed by atoms with Crippen LogP contribution < -0.4 is 10.5 Å². The number of hydrogen-bond acceptors (Lipinski definition) is 7. The average molecular weight is 504 g/mol. The number of aliphatic carboxylic acids is 1. The van der Waals surface area contributed by atoms with Gasteiger partial charge in [-0.3, -0.25) is 14.5 Å². The van der Waals surface area contributed by atoms with Crippen molar-refractivity contribution < 1.29 is 23.8 Å². The van der Waals surface area contributed by atoms with Gasteiger partial charge in [0.05, 0.1) is 41.6 Å². The lowest BCUT2D eigenvalue weighted by atomic mass is 10.1. The first-order valence-electron chi connectivity index (χ1n) is 11.3. The molecule has 0 spiro atoms. The van der Waals surface area contributed by atoms with Gasteiger partial charge in [-0.2, -0.15) is 0 Å². The van der Waals surface area contributed by atoms with Gasteiger partial charge in [0.25, 0.3) is 5.91 Å². The van der Waals surface area contributed by atoms with Crippen LogP contribution in [0.2, 0.25) is 5.02 Å². The number of hydrogen-bond donors (Lipinski definition) is 2. The highest BCUT2D eigenvalue weighted by Crippen LogP contribution is 2.30. The van der Waals surface area contributed by atoms with Crippen molar-refractivity contribution >= 4 is 29.1 Å². The van der Waals surface area contributed by atoms with E-state index in [0.717, 1.165) is 0 Å². The molecule has 2 aliphatic heterocycles. The molecule has 0 radical (unpaired) electrons. The number of nitrogens with zero attached hydrogens (tertiary/aromatic N) is 4. The van der Waals surface area contributed by atoms with Gasteiger partial charge in [-0.1, -0.05) is 11.6 Å². The summed E-state index contributed by atoms with van der Waals surface area (Å²) < 4.78 is 20.1. The monoisotopic (exact) mass is 503 g/mol. The van der Waals surface area contributed by atoms with Gasteiger partial charge in [0, 0.05) is 30.4 Å². The minimum Gasteiger partial charge on any atom is -0.489 e. The molecule has 9 nitrogen and oxygen atoms in total. The molecule has 4 rings (SSSR count). The molecule has 186 valence electrons. The van der Waals surface area contributed by atoms with Gasteiger partial charge >= 0.3 is 5.97 Å². The van der Waals surface area contributed by atoms with Crippen LogP contribution in [0.5, 0.6) is 5.75 Å². The van der Waals surface area contributed by atoms with Crippen LogP contribution in [-0.2, 0) is 4.79 Å². The van der Waals surface area contributed by atoms with Crippen LogP contribution in [0.25, 0.3) is 5.57 Å². The van der Waals surface area contributed by atoms with Crippen molar-refractivity contribution in [1.82, 2.24) is 19.8 Å². The lowest BCUT2D eigenvalue weighted by Gasteiger charge is -2.31. The Bertz CT molecular complexity index is 1170. The Morgan fingerprint density at radius 1 is 1.20 bits per heavy atom. The topological polar surface area (TPSA) is 122 Å². The number of likely N-dealkylation sites (tertiary alicyclic amines) is 1. The van der Waals surface area contributed by atoms with Gasteiger partial charge in [0.15, 0.2) is 5.82 Å². The number of amides is 1. The summed E-state index contributed by atoms with van der Waals surface area (Å²) in [5.74, 6) is -1.15. The first-order chi connectivity index (χ1) is 16.6. The maximum Gasteiger partial charge on any atom is 0.317 e. The number of carbonyl (C=O) groups excluding carboxylic acids is 1. The zero-order valence-corrected chi connectivity index (χ0v) is 20.3. The molecular weight excluding hydrogens is 477 g/mol. The van der Waals surface area contributed by atoms with Crippen molar-refractivity contribution in [1.29, 1.82) is 0 Å². The third kappa shape index (κ3) is 5.54. The van der Waals surface area contributed by atoms with Gasteiger partial charge in [0.2, 0.25) is 0 Å². The summed E-state index contributed by atoms with van der Waals surface area (Å²) in [7, 11) is 0. The smallest absolute Gasteiger partial charge is 0.317 e. The predicted molar refractivity (Wildman–Crippen MR) is 128 cm³/mol. The molecule has 0 aliphatic carbocycles. The van der Waals surface area contributed by atoms with Crippen molar-refractivity contribution in [2.45, 2.75) is 32.8 Å². The highest BCUT2D eigenvalue weighted by molar-refractivity contribution is 6.31. The van der Waals surface area contributed by atoms with E-state index in [2.05, 4.69) is 9.97 Å². The molecule has 1 aromatic heterocycles. The first-order valence-corrected chi connectivity index (χ1v) is 11.7. The zero-order chi connectivity index (χ0) is 25.3. The van der Waals surface area contributed by atoms with E-state index in [4.69, 9.17) is 27.2 Å². The molecular formula is C24H27ClFN5O4. The van der Waals surface area contributed by atoms with Crippen molar-refractivity contribution in [2.24, 2.45) is 5.73 Å². The number of benzene rings is 1. The van der Waals surface area contributed by atoms with Crippen molar-refractivity contribution in [3.8, 4) is 5.75 Å². The van der Waals surface area contributed by atoms with E-state index in [1.54, 1.807) is 18.7 Å². The van der Waals surface area contributed by atoms with Gasteiger partial charge < -0.3 is 20.5 Å². The highest BCUT2D eigenvalue weighted by Gasteiger charge is 2.31. The fourth-order valence-electron chi connectivity index (χ4n) is 4.34. The third-order valence-corrected chi connectivity index (χ3v) is 6.75. The molecule has 11 heteroatoms. The number of carboxylic acids is 1. The molecule has 0 bridgehead atoms. The summed E-state index contributed by atoms with van der Waals surface area (Å²) >= 11 is 6.18. The van der Waals surface area contributed by atoms with Gasteiger partial charge in [-0.15, -0.1) is 0 Å². The van der Waals surface area contributed by atoms with Crippen LogP contribution in [0, 0.1) is 19.7 Å². The fraction of sp³-hybridized carbons (Fsp3) is 0.417. The maximum atomic E-state index is 14.1. The normalized spacial score (nSPS) is 17.2. The highest BCUT2D eigenvalue weighted by atomic mass is 35.5. The lowest BCUT2D eigenvalue weighted by molar-refractivity contribution is -0.138. The second kappa shape index (κ2) is 10.2. The number of carboxylic acid groups (broad SMARTS) is 1. The molecule has 1 fully saturated rings. The minimum absolute atomic E-state index is 0.0292. The summed E-state index contributed by atoms with van der Waals surface area (Å²) in [6, 6.07) is 3.84. The Hall–Kier alpha value is -3.24. The molecule has 1 aromatic carbocycles. The Morgan fingerprint density at radius 2 is 1.86 bits per heavy atom. The largest absolute Gasteiger partial charge is 0.489 e. The number of carbonyl (C=O) groups is 2. The molecule has 2 aliphatic rings. The molecule has 35 heavy (non-hydrogen) atoms. The number of halogens is 2. The summed E-state index contributed by atoms with van der Waals surface area (Å²) in [4.78, 5) is 36.6. The Kier molecular flexibility index (Phi) is 7.23. The number of nitrogens with two attached hydrogens (primary N) is 1. The van der Waals surface area contributed by atoms with E-state index in [1.807, 2.05) is 4.90 Å². The summed E-state index contributed by atoms with van der Waals surface area (Å²) in [6.07, 6.45) is 0.901. The third-order valence-electron chi connectivity index (χ3n) is 6.20. The molecule has 0 saturated carbocycles. The molecule has 2 aromatic rings. The summed E-state index contributed by atoms with van der Waals surface area (Å²) in [5.41, 5.74) is 8.87. The van der Waals surface area contributed by atoms with Crippen molar-refractivity contribution in [2.75, 3.05) is 32.7 Å². The molecule has 1 amide bonds. The van der Waals surface area contributed by atoms with Crippen molar-refractivity contribution in [3.05, 3.63) is 57.5 Å². The standard InChI is InChI=1S/C24H27ClFN5O4/c1-13-22(25)14(2)29-23(28-13)18-10-31(11-19(18)27)24(34)17-4-3-15(26)9-20(17)35-16-5-7-30(8-6-16)12-21(32)33/h3-4,9,16H,5-8,10-12,27H2,1-2H3,(H,32,33). The van der Waals surface area contributed by atoms with Crippen LogP contribution in [0.3, 0.4) is 0 Å². The quantitative estimate of drug-likeness (QED) is 0.617. The van der Waals surface area contributed by atoms with Crippen LogP contribution >= 0.6 is 11.6 Å². The van der Waals surface area contributed by atoms with Gasteiger partial charge in [0.1, 0.15) is 17.7 Å². The molecule has 0 atom stereocenters. The number of aromatic nitrogens is 2. The number of rotatable bonds is 6. The van der Waals surface area contributed by atoms with E-state index in [1.165, 1.54) is 18.2 Å². The van der Waals surface area contributed by atoms with Gasteiger partial charge in [-0.05, 0) is 38.8 Å². The number of ether oxygens (including phenoxy) is 1. The van der Waals surface area contributed by atoms with E-state index in [0.29, 0.717) is 59.4 Å². The average Bonchev–Trinajstić information content (AvgIpc) is 3.19. The van der Waals surface area contributed by atoms with Crippen LogP contribution in [0.15, 0.2) is 23.9 Å². The molecule has 3 heterocycles. The second-order valence-electron chi connectivity index (χ2n) is 8.82. The van der Waals surface area contributed by atoms with Crippen molar-refractivity contribution in [3.63, 3.8) is 0 Å². The SMILES string of the molecule is Cc1nc(C2=C(N)CN(C(=O)c3ccc(F)cc3OC3CCN(CC(=O)O)CC3)C2)nc(C)c1Cl. The van der Waals surface area contributed by atoms with E-state index in [-0.39, 0.29) is 43.0 Å². The Balaban J connectivity index is 1.48. The van der Waals surface area contributed by atoms with Crippen LogP contribution in [0.4, 0.5) is 4.39 Å². The number of aryl methyl sites for hydroxylation is 2. The molecule has 0 unspecified atom stereocenters. The fourth-order valence-corrected chi connectivity index (χ4v) is 4.43. The lowest BCUT2D eigenvalue weighted by Crippen LogP contribution is -2.41. The van der Waals surface area contributed by atoms with E-state index >= 15 is 0 Å². The maximum absolute atomic E-state index is 14.1. The summed E-state index contributed by atoms with van der Waals surface area (Å²) in [6.45, 7) is 5.01. The second-order valence-corrected chi connectivity index (χ2v) is 9.20. The van der Waals surface area contributed by atoms with E-state index < -0.39 is 11.8 Å².